The molecule has 1 aromatic heterocycles. The molecule has 0 radical (unpaired) electrons. The number of rotatable bonds is 2. The lowest BCUT2D eigenvalue weighted by Gasteiger charge is -2.27. The predicted octanol–water partition coefficient (Wildman–Crippen LogP) is 1.88. The standard InChI is InChI=1S/C14H22N4O/c1-14(2,3)10-5-7-18(9-10)13(19)11-8-16-6-4-12(11)17-15/h4,6,8,10H,5,7,9,15H2,1-3H3,(H,16,17). The third-order valence-corrected chi connectivity index (χ3v) is 3.91. The highest BCUT2D eigenvalue weighted by Crippen LogP contribution is 2.34. The molecule has 5 heteroatoms. The topological polar surface area (TPSA) is 71.2 Å². The number of carbonyl (C=O) groups excluding carboxylic acids is 1. The number of hydrogen-bond donors (Lipinski definition) is 2. The Kier molecular flexibility index (Phi) is 3.75. The number of nitrogens with zero attached hydrogens (tertiary/aromatic N) is 2. The Hall–Kier alpha value is -1.62. The molecule has 1 saturated heterocycles. The fraction of sp³-hybridized carbons (Fsp3) is 0.571. The number of aromatic nitrogens is 1. The van der Waals surface area contributed by atoms with Gasteiger partial charge in [0.2, 0.25) is 0 Å². The van der Waals surface area contributed by atoms with E-state index in [1.54, 1.807) is 18.5 Å². The summed E-state index contributed by atoms with van der Waals surface area (Å²) in [6.07, 6.45) is 4.25. The summed E-state index contributed by atoms with van der Waals surface area (Å²) in [6, 6.07) is 1.71. The van der Waals surface area contributed by atoms with E-state index in [9.17, 15) is 4.79 Å². The quantitative estimate of drug-likeness (QED) is 0.630. The SMILES string of the molecule is CC(C)(C)C1CCN(C(=O)c2cnccc2NN)C1. The zero-order chi connectivity index (χ0) is 14.0. The van der Waals surface area contributed by atoms with Crippen LogP contribution in [0.3, 0.4) is 0 Å². The van der Waals surface area contributed by atoms with Crippen LogP contribution in [0, 0.1) is 11.3 Å². The lowest BCUT2D eigenvalue weighted by atomic mass is 9.80. The summed E-state index contributed by atoms with van der Waals surface area (Å²) in [5.41, 5.74) is 3.95. The van der Waals surface area contributed by atoms with Crippen molar-refractivity contribution >= 4 is 11.6 Å². The van der Waals surface area contributed by atoms with E-state index in [4.69, 9.17) is 5.84 Å². The van der Waals surface area contributed by atoms with Crippen molar-refractivity contribution in [1.82, 2.24) is 9.88 Å². The molecule has 2 heterocycles. The van der Waals surface area contributed by atoms with Crippen molar-refractivity contribution in [2.24, 2.45) is 17.2 Å². The summed E-state index contributed by atoms with van der Waals surface area (Å²) in [7, 11) is 0. The van der Waals surface area contributed by atoms with Crippen LogP contribution < -0.4 is 11.3 Å². The summed E-state index contributed by atoms with van der Waals surface area (Å²) in [5, 5.41) is 0. The summed E-state index contributed by atoms with van der Waals surface area (Å²) >= 11 is 0. The largest absolute Gasteiger partial charge is 0.338 e. The molecule has 19 heavy (non-hydrogen) atoms. The molecule has 0 aliphatic carbocycles. The number of hydrogen-bond acceptors (Lipinski definition) is 4. The van der Waals surface area contributed by atoms with Gasteiger partial charge >= 0.3 is 0 Å². The van der Waals surface area contributed by atoms with Crippen LogP contribution in [-0.4, -0.2) is 28.9 Å². The number of anilines is 1. The van der Waals surface area contributed by atoms with Gasteiger partial charge in [-0.1, -0.05) is 20.8 Å². The Morgan fingerprint density at radius 3 is 2.84 bits per heavy atom. The third-order valence-electron chi connectivity index (χ3n) is 3.91. The van der Waals surface area contributed by atoms with Gasteiger partial charge in [-0.25, -0.2) is 0 Å². The number of amides is 1. The number of pyridine rings is 1. The number of hydrazine groups is 1. The van der Waals surface area contributed by atoms with Crippen molar-refractivity contribution < 1.29 is 4.79 Å². The maximum atomic E-state index is 12.5. The number of nitrogen functional groups attached to an aromatic ring is 1. The first-order valence-electron chi connectivity index (χ1n) is 6.63. The van der Waals surface area contributed by atoms with E-state index >= 15 is 0 Å². The van der Waals surface area contributed by atoms with Gasteiger partial charge in [0.15, 0.2) is 0 Å². The van der Waals surface area contributed by atoms with Crippen LogP contribution in [0.4, 0.5) is 5.69 Å². The van der Waals surface area contributed by atoms with E-state index in [2.05, 4.69) is 31.2 Å². The first-order chi connectivity index (χ1) is 8.93. The van der Waals surface area contributed by atoms with E-state index in [0.29, 0.717) is 17.2 Å². The minimum Gasteiger partial charge on any atom is -0.338 e. The maximum Gasteiger partial charge on any atom is 0.257 e. The smallest absolute Gasteiger partial charge is 0.257 e. The van der Waals surface area contributed by atoms with Crippen molar-refractivity contribution in [1.29, 1.82) is 0 Å². The molecule has 1 aromatic rings. The van der Waals surface area contributed by atoms with Gasteiger partial charge in [0, 0.05) is 25.5 Å². The highest BCUT2D eigenvalue weighted by molar-refractivity contribution is 5.99. The van der Waals surface area contributed by atoms with E-state index in [1.807, 2.05) is 4.90 Å². The van der Waals surface area contributed by atoms with Crippen molar-refractivity contribution in [3.8, 4) is 0 Å². The fourth-order valence-electron chi connectivity index (χ4n) is 2.51. The molecule has 0 spiro atoms. The zero-order valence-corrected chi connectivity index (χ0v) is 11.8. The van der Waals surface area contributed by atoms with Crippen molar-refractivity contribution in [2.45, 2.75) is 27.2 Å². The Balaban J connectivity index is 2.14. The van der Waals surface area contributed by atoms with Gasteiger partial charge < -0.3 is 10.3 Å². The maximum absolute atomic E-state index is 12.5. The number of nitrogens with two attached hydrogens (primary N) is 1. The Morgan fingerprint density at radius 1 is 1.53 bits per heavy atom. The molecule has 5 nitrogen and oxygen atoms in total. The van der Waals surface area contributed by atoms with Crippen LogP contribution in [0.2, 0.25) is 0 Å². The lowest BCUT2D eigenvalue weighted by molar-refractivity contribution is 0.0777. The fourth-order valence-corrected chi connectivity index (χ4v) is 2.51. The zero-order valence-electron chi connectivity index (χ0n) is 11.8. The minimum atomic E-state index is 0.00722. The molecule has 1 atom stereocenters. The average molecular weight is 262 g/mol. The minimum absolute atomic E-state index is 0.00722. The van der Waals surface area contributed by atoms with Crippen LogP contribution >= 0.6 is 0 Å². The van der Waals surface area contributed by atoms with Crippen LogP contribution in [0.1, 0.15) is 37.6 Å². The Bertz CT molecular complexity index is 467. The Morgan fingerprint density at radius 2 is 2.26 bits per heavy atom. The summed E-state index contributed by atoms with van der Waals surface area (Å²) in [6.45, 7) is 8.29. The molecule has 104 valence electrons. The normalized spacial score (nSPS) is 19.6. The molecule has 1 aliphatic heterocycles. The number of nitrogens with one attached hydrogen (secondary N) is 1. The molecule has 2 rings (SSSR count). The molecule has 3 N–H and O–H groups in total. The molecule has 0 saturated carbocycles. The lowest BCUT2D eigenvalue weighted by Crippen LogP contribution is -2.32. The van der Waals surface area contributed by atoms with Crippen LogP contribution in [0.25, 0.3) is 0 Å². The first kappa shape index (κ1) is 13.8. The average Bonchev–Trinajstić information content (AvgIpc) is 2.87. The molecule has 0 bridgehead atoms. The van der Waals surface area contributed by atoms with E-state index in [-0.39, 0.29) is 11.3 Å². The summed E-state index contributed by atoms with van der Waals surface area (Å²) in [4.78, 5) is 18.4. The highest BCUT2D eigenvalue weighted by Gasteiger charge is 2.34. The molecule has 1 aliphatic rings. The molecule has 1 fully saturated rings. The second-order valence-electron chi connectivity index (χ2n) is 6.17. The third kappa shape index (κ3) is 2.87. The van der Waals surface area contributed by atoms with Crippen LogP contribution in [0.5, 0.6) is 0 Å². The van der Waals surface area contributed by atoms with Gasteiger partial charge in [-0.05, 0) is 23.8 Å². The Labute approximate surface area is 114 Å². The van der Waals surface area contributed by atoms with Crippen molar-refractivity contribution in [3.05, 3.63) is 24.0 Å². The van der Waals surface area contributed by atoms with Gasteiger partial charge in [0.05, 0.1) is 11.3 Å². The van der Waals surface area contributed by atoms with Crippen LogP contribution in [0.15, 0.2) is 18.5 Å². The number of likely N-dealkylation sites (tertiary alicyclic amines) is 1. The van der Waals surface area contributed by atoms with Gasteiger partial charge in [-0.2, -0.15) is 0 Å². The van der Waals surface area contributed by atoms with E-state index in [1.165, 1.54) is 0 Å². The van der Waals surface area contributed by atoms with Crippen LogP contribution in [-0.2, 0) is 0 Å². The van der Waals surface area contributed by atoms with Crippen molar-refractivity contribution in [3.63, 3.8) is 0 Å². The summed E-state index contributed by atoms with van der Waals surface area (Å²) in [5.74, 6) is 5.99. The van der Waals surface area contributed by atoms with E-state index in [0.717, 1.165) is 19.5 Å². The van der Waals surface area contributed by atoms with Gasteiger partial charge in [0.1, 0.15) is 0 Å². The van der Waals surface area contributed by atoms with Crippen molar-refractivity contribution in [2.75, 3.05) is 18.5 Å². The first-order valence-corrected chi connectivity index (χ1v) is 6.63. The van der Waals surface area contributed by atoms with Gasteiger partial charge in [-0.15, -0.1) is 0 Å². The molecular formula is C14H22N4O. The number of carbonyl (C=O) groups is 1. The monoisotopic (exact) mass is 262 g/mol. The van der Waals surface area contributed by atoms with Gasteiger partial charge in [-0.3, -0.25) is 15.6 Å². The second kappa shape index (κ2) is 5.17. The predicted molar refractivity (Wildman–Crippen MR) is 75.5 cm³/mol. The molecule has 1 unspecified atom stereocenters. The highest BCUT2D eigenvalue weighted by atomic mass is 16.2. The molecular weight excluding hydrogens is 240 g/mol. The molecule has 1 amide bonds. The summed E-state index contributed by atoms with van der Waals surface area (Å²) < 4.78 is 0. The molecule has 0 aromatic carbocycles. The van der Waals surface area contributed by atoms with E-state index < -0.39 is 0 Å². The second-order valence-corrected chi connectivity index (χ2v) is 6.17. The van der Waals surface area contributed by atoms with Gasteiger partial charge in [0.25, 0.3) is 5.91 Å².